The lowest BCUT2D eigenvalue weighted by Crippen LogP contribution is -2.25. The van der Waals surface area contributed by atoms with E-state index in [0.717, 1.165) is 18.0 Å². The van der Waals surface area contributed by atoms with Crippen molar-refractivity contribution in [1.29, 1.82) is 0 Å². The Bertz CT molecular complexity index is 350. The first-order valence-electron chi connectivity index (χ1n) is 6.29. The lowest BCUT2D eigenvalue weighted by Gasteiger charge is -2.13. The van der Waals surface area contributed by atoms with E-state index in [2.05, 4.69) is 17.4 Å². The zero-order valence-corrected chi connectivity index (χ0v) is 10.4. The molecule has 0 radical (unpaired) electrons. The minimum absolute atomic E-state index is 0.425. The van der Waals surface area contributed by atoms with E-state index in [1.165, 1.54) is 18.4 Å². The second kappa shape index (κ2) is 6.15. The number of aliphatic hydroxyl groups excluding tert-OH is 1. The zero-order valence-electron chi connectivity index (χ0n) is 10.4. The van der Waals surface area contributed by atoms with Crippen molar-refractivity contribution < 1.29 is 9.84 Å². The second-order valence-electron chi connectivity index (χ2n) is 4.66. The second-order valence-corrected chi connectivity index (χ2v) is 4.66. The normalized spacial score (nSPS) is 17.1. The molecule has 1 unspecified atom stereocenters. The Labute approximate surface area is 103 Å². The smallest absolute Gasteiger partial charge is 0.0914 e. The largest absolute Gasteiger partial charge is 0.387 e. The summed E-state index contributed by atoms with van der Waals surface area (Å²) in [4.78, 5) is 0. The number of ether oxygens (including phenoxy) is 1. The molecule has 1 aromatic carbocycles. The molecule has 0 aromatic heterocycles. The van der Waals surface area contributed by atoms with Crippen molar-refractivity contribution in [3.8, 4) is 0 Å². The average Bonchev–Trinajstić information content (AvgIpc) is 3.19. The first-order valence-corrected chi connectivity index (χ1v) is 6.29. The zero-order chi connectivity index (χ0) is 12.1. The standard InChI is InChI=1S/C14H21NO2/c1-17-8-7-15-10-14(16)13-4-2-3-12(9-13)11-5-6-11/h2-4,9,11,14-16H,5-8,10H2,1H3. The minimum atomic E-state index is -0.425. The van der Waals surface area contributed by atoms with Crippen LogP contribution in [-0.4, -0.2) is 31.9 Å². The lowest BCUT2D eigenvalue weighted by atomic mass is 10.0. The number of benzene rings is 1. The molecule has 1 saturated carbocycles. The summed E-state index contributed by atoms with van der Waals surface area (Å²) in [7, 11) is 1.68. The maximum Gasteiger partial charge on any atom is 0.0914 e. The van der Waals surface area contributed by atoms with Gasteiger partial charge in [-0.15, -0.1) is 0 Å². The fourth-order valence-corrected chi connectivity index (χ4v) is 1.97. The van der Waals surface area contributed by atoms with E-state index in [1.807, 2.05) is 12.1 Å². The van der Waals surface area contributed by atoms with Gasteiger partial charge in [-0.2, -0.15) is 0 Å². The summed E-state index contributed by atoms with van der Waals surface area (Å²) in [6.45, 7) is 2.03. The number of hydrogen-bond donors (Lipinski definition) is 2. The molecule has 94 valence electrons. The van der Waals surface area contributed by atoms with Gasteiger partial charge in [0, 0.05) is 20.2 Å². The van der Waals surface area contributed by atoms with E-state index in [0.29, 0.717) is 13.2 Å². The van der Waals surface area contributed by atoms with Crippen molar-refractivity contribution in [3.63, 3.8) is 0 Å². The van der Waals surface area contributed by atoms with Gasteiger partial charge in [0.25, 0.3) is 0 Å². The minimum Gasteiger partial charge on any atom is -0.387 e. The van der Waals surface area contributed by atoms with Crippen LogP contribution in [0.15, 0.2) is 24.3 Å². The molecule has 1 aromatic rings. The fourth-order valence-electron chi connectivity index (χ4n) is 1.97. The Balaban J connectivity index is 1.84. The molecule has 0 bridgehead atoms. The summed E-state index contributed by atoms with van der Waals surface area (Å²) in [6.07, 6.45) is 2.17. The Morgan fingerprint density at radius 3 is 3.00 bits per heavy atom. The maximum atomic E-state index is 10.0. The molecule has 1 fully saturated rings. The van der Waals surface area contributed by atoms with Gasteiger partial charge in [-0.3, -0.25) is 0 Å². The third-order valence-electron chi connectivity index (χ3n) is 3.16. The lowest BCUT2D eigenvalue weighted by molar-refractivity contribution is 0.161. The van der Waals surface area contributed by atoms with E-state index < -0.39 is 6.10 Å². The third-order valence-corrected chi connectivity index (χ3v) is 3.16. The summed E-state index contributed by atoms with van der Waals surface area (Å²) in [5.41, 5.74) is 2.39. The highest BCUT2D eigenvalue weighted by Crippen LogP contribution is 2.40. The van der Waals surface area contributed by atoms with Gasteiger partial charge in [-0.25, -0.2) is 0 Å². The molecule has 2 N–H and O–H groups in total. The van der Waals surface area contributed by atoms with Gasteiger partial charge >= 0.3 is 0 Å². The van der Waals surface area contributed by atoms with E-state index in [-0.39, 0.29) is 0 Å². The topological polar surface area (TPSA) is 41.5 Å². The van der Waals surface area contributed by atoms with E-state index in [4.69, 9.17) is 4.74 Å². The number of hydrogen-bond acceptors (Lipinski definition) is 3. The molecule has 1 atom stereocenters. The van der Waals surface area contributed by atoms with Gasteiger partial charge in [-0.05, 0) is 29.9 Å². The monoisotopic (exact) mass is 235 g/mol. The average molecular weight is 235 g/mol. The van der Waals surface area contributed by atoms with Crippen LogP contribution in [0.25, 0.3) is 0 Å². The SMILES string of the molecule is COCCNCC(O)c1cccc(C2CC2)c1. The summed E-state index contributed by atoms with van der Waals surface area (Å²) in [6, 6.07) is 8.34. The van der Waals surface area contributed by atoms with E-state index >= 15 is 0 Å². The molecule has 3 heteroatoms. The van der Waals surface area contributed by atoms with Crippen LogP contribution < -0.4 is 5.32 Å². The summed E-state index contributed by atoms with van der Waals surface area (Å²) >= 11 is 0. The molecule has 17 heavy (non-hydrogen) atoms. The molecule has 2 rings (SSSR count). The Morgan fingerprint density at radius 2 is 2.29 bits per heavy atom. The quantitative estimate of drug-likeness (QED) is 0.708. The Hall–Kier alpha value is -0.900. The molecule has 0 aliphatic heterocycles. The summed E-state index contributed by atoms with van der Waals surface area (Å²) in [5.74, 6) is 0.739. The van der Waals surface area contributed by atoms with Crippen LogP contribution >= 0.6 is 0 Å². The van der Waals surface area contributed by atoms with Crippen molar-refractivity contribution in [3.05, 3.63) is 35.4 Å². The molecular weight excluding hydrogens is 214 g/mol. The van der Waals surface area contributed by atoms with Crippen molar-refractivity contribution in [2.24, 2.45) is 0 Å². The molecule has 1 aliphatic carbocycles. The Kier molecular flexibility index (Phi) is 4.54. The Morgan fingerprint density at radius 1 is 1.47 bits per heavy atom. The fraction of sp³-hybridized carbons (Fsp3) is 0.571. The highest BCUT2D eigenvalue weighted by Gasteiger charge is 2.23. The van der Waals surface area contributed by atoms with Crippen LogP contribution in [0, 0.1) is 0 Å². The van der Waals surface area contributed by atoms with E-state index in [9.17, 15) is 5.11 Å². The van der Waals surface area contributed by atoms with Crippen LogP contribution in [0.4, 0.5) is 0 Å². The molecular formula is C14H21NO2. The van der Waals surface area contributed by atoms with Crippen molar-refractivity contribution in [2.45, 2.75) is 24.9 Å². The first kappa shape index (κ1) is 12.6. The number of aliphatic hydroxyl groups is 1. The van der Waals surface area contributed by atoms with Crippen molar-refractivity contribution >= 4 is 0 Å². The predicted molar refractivity (Wildman–Crippen MR) is 68.1 cm³/mol. The van der Waals surface area contributed by atoms with Crippen molar-refractivity contribution in [2.75, 3.05) is 26.8 Å². The van der Waals surface area contributed by atoms with Crippen molar-refractivity contribution in [1.82, 2.24) is 5.32 Å². The number of nitrogens with one attached hydrogen (secondary N) is 1. The number of rotatable bonds is 7. The van der Waals surface area contributed by atoms with Gasteiger partial charge in [-0.1, -0.05) is 24.3 Å². The third kappa shape index (κ3) is 3.80. The molecule has 3 nitrogen and oxygen atoms in total. The van der Waals surface area contributed by atoms with Gasteiger partial charge in [0.15, 0.2) is 0 Å². The van der Waals surface area contributed by atoms with Gasteiger partial charge in [0.05, 0.1) is 12.7 Å². The highest BCUT2D eigenvalue weighted by atomic mass is 16.5. The predicted octanol–water partition coefficient (Wildman–Crippen LogP) is 1.83. The number of methoxy groups -OCH3 is 1. The van der Waals surface area contributed by atoms with Crippen LogP contribution in [-0.2, 0) is 4.74 Å². The van der Waals surface area contributed by atoms with Crippen LogP contribution in [0.3, 0.4) is 0 Å². The van der Waals surface area contributed by atoms with Crippen LogP contribution in [0.1, 0.15) is 36.0 Å². The van der Waals surface area contributed by atoms with Gasteiger partial charge in [0.2, 0.25) is 0 Å². The highest BCUT2D eigenvalue weighted by molar-refractivity contribution is 5.30. The van der Waals surface area contributed by atoms with E-state index in [1.54, 1.807) is 7.11 Å². The molecule has 0 amide bonds. The molecule has 0 heterocycles. The van der Waals surface area contributed by atoms with Crippen LogP contribution in [0.5, 0.6) is 0 Å². The maximum absolute atomic E-state index is 10.0. The summed E-state index contributed by atoms with van der Waals surface area (Å²) < 4.78 is 4.94. The summed E-state index contributed by atoms with van der Waals surface area (Å²) in [5, 5.41) is 13.2. The van der Waals surface area contributed by atoms with Crippen LogP contribution in [0.2, 0.25) is 0 Å². The molecule has 0 saturated heterocycles. The van der Waals surface area contributed by atoms with Gasteiger partial charge in [0.1, 0.15) is 0 Å². The first-order chi connectivity index (χ1) is 8.31. The van der Waals surface area contributed by atoms with Gasteiger partial charge < -0.3 is 15.2 Å². The molecule has 0 spiro atoms. The molecule has 1 aliphatic rings.